The molecule has 0 aliphatic carbocycles. The van der Waals surface area contributed by atoms with E-state index in [1.165, 1.54) is 18.3 Å². The first kappa shape index (κ1) is 18.9. The zero-order chi connectivity index (χ0) is 21.3. The van der Waals surface area contributed by atoms with Crippen LogP contribution in [0.2, 0.25) is 0 Å². The van der Waals surface area contributed by atoms with E-state index < -0.39 is 17.5 Å². The van der Waals surface area contributed by atoms with E-state index >= 15 is 0 Å². The van der Waals surface area contributed by atoms with Gasteiger partial charge in [0.25, 0.3) is 0 Å². The van der Waals surface area contributed by atoms with Gasteiger partial charge in [0.15, 0.2) is 5.82 Å². The summed E-state index contributed by atoms with van der Waals surface area (Å²) in [6, 6.07) is 9.15. The summed E-state index contributed by atoms with van der Waals surface area (Å²) in [6.07, 6.45) is 2.46. The van der Waals surface area contributed by atoms with Gasteiger partial charge in [0.1, 0.15) is 46.7 Å². The summed E-state index contributed by atoms with van der Waals surface area (Å²) in [7, 11) is 0. The fourth-order valence-electron chi connectivity index (χ4n) is 3.02. The number of nitriles is 1. The summed E-state index contributed by atoms with van der Waals surface area (Å²) in [4.78, 5) is 11.8. The number of nitrogens with zero attached hydrogens (tertiary/aromatic N) is 4. The van der Waals surface area contributed by atoms with Crippen LogP contribution in [0.3, 0.4) is 0 Å². The highest BCUT2D eigenvalue weighted by Crippen LogP contribution is 2.36. The number of nitrogens with two attached hydrogens (primary N) is 1. The Bertz CT molecular complexity index is 1300. The predicted molar refractivity (Wildman–Crippen MR) is 105 cm³/mol. The fourth-order valence-corrected chi connectivity index (χ4v) is 3.02. The Morgan fingerprint density at radius 1 is 0.967 bits per heavy atom. The van der Waals surface area contributed by atoms with Crippen molar-refractivity contribution < 1.29 is 13.2 Å². The van der Waals surface area contributed by atoms with E-state index in [1.807, 2.05) is 6.07 Å². The number of rotatable bonds is 4. The highest BCUT2D eigenvalue weighted by Gasteiger charge is 2.16. The van der Waals surface area contributed by atoms with Crippen LogP contribution in [0.4, 0.5) is 30.5 Å². The standard InChI is InChI=1S/C20H12F3N7/c21-11-4-10(5-12(22)6-11)17-13-2-1-3-15(23)18(13)26-8-16(17)29-30-20-14(7-24)19(25)27-9-28-20/h1-6,8-9,29H,(H3,25,27,28,30). The Hall–Kier alpha value is -4.39. The van der Waals surface area contributed by atoms with Crippen LogP contribution in [-0.4, -0.2) is 15.0 Å². The monoisotopic (exact) mass is 407 g/mol. The van der Waals surface area contributed by atoms with Gasteiger partial charge in [0.05, 0.1) is 11.9 Å². The molecule has 0 radical (unpaired) electrons. The highest BCUT2D eigenvalue weighted by atomic mass is 19.1. The van der Waals surface area contributed by atoms with Crippen molar-refractivity contribution in [1.82, 2.24) is 15.0 Å². The van der Waals surface area contributed by atoms with Crippen molar-refractivity contribution in [3.05, 3.63) is 71.9 Å². The van der Waals surface area contributed by atoms with E-state index in [1.54, 1.807) is 6.07 Å². The molecular weight excluding hydrogens is 395 g/mol. The minimum absolute atomic E-state index is 0.00291. The average molecular weight is 407 g/mol. The third-order valence-corrected chi connectivity index (χ3v) is 4.30. The van der Waals surface area contributed by atoms with Crippen LogP contribution >= 0.6 is 0 Å². The number of fused-ring (bicyclic) bond motifs is 1. The SMILES string of the molecule is N#Cc1c(N)ncnc1NNc1cnc2c(F)cccc2c1-c1cc(F)cc(F)c1. The molecule has 4 N–H and O–H groups in total. The molecule has 2 aromatic carbocycles. The van der Waals surface area contributed by atoms with Gasteiger partial charge in [-0.3, -0.25) is 15.8 Å². The van der Waals surface area contributed by atoms with Gasteiger partial charge in [-0.25, -0.2) is 23.1 Å². The zero-order valence-corrected chi connectivity index (χ0v) is 15.1. The quantitative estimate of drug-likeness (QED) is 0.438. The number of hydrogen-bond acceptors (Lipinski definition) is 7. The molecule has 0 fully saturated rings. The maximum atomic E-state index is 14.3. The molecule has 7 nitrogen and oxygen atoms in total. The van der Waals surface area contributed by atoms with Gasteiger partial charge >= 0.3 is 0 Å². The van der Waals surface area contributed by atoms with E-state index in [4.69, 9.17) is 5.73 Å². The van der Waals surface area contributed by atoms with Crippen LogP contribution < -0.4 is 16.6 Å². The lowest BCUT2D eigenvalue weighted by molar-refractivity contribution is 0.584. The van der Waals surface area contributed by atoms with Crippen molar-refractivity contribution in [3.8, 4) is 17.2 Å². The van der Waals surface area contributed by atoms with E-state index in [0.717, 1.165) is 24.5 Å². The number of para-hydroxylation sites is 1. The van der Waals surface area contributed by atoms with Crippen molar-refractivity contribution in [2.45, 2.75) is 0 Å². The molecule has 2 heterocycles. The smallest absolute Gasteiger partial charge is 0.168 e. The molecule has 0 aliphatic rings. The average Bonchev–Trinajstić information content (AvgIpc) is 2.71. The normalized spacial score (nSPS) is 10.6. The molecule has 4 aromatic rings. The Morgan fingerprint density at radius 3 is 2.47 bits per heavy atom. The van der Waals surface area contributed by atoms with Gasteiger partial charge in [-0.15, -0.1) is 0 Å². The molecule has 0 amide bonds. The van der Waals surface area contributed by atoms with Crippen molar-refractivity contribution in [3.63, 3.8) is 0 Å². The number of nitrogens with one attached hydrogen (secondary N) is 2. The Morgan fingerprint density at radius 2 is 1.73 bits per heavy atom. The van der Waals surface area contributed by atoms with E-state index in [0.29, 0.717) is 10.9 Å². The van der Waals surface area contributed by atoms with E-state index in [2.05, 4.69) is 25.8 Å². The number of nitrogen functional groups attached to an aromatic ring is 1. The summed E-state index contributed by atoms with van der Waals surface area (Å²) >= 11 is 0. The maximum Gasteiger partial charge on any atom is 0.168 e. The summed E-state index contributed by atoms with van der Waals surface area (Å²) in [5.41, 5.74) is 11.9. The number of halogens is 3. The number of hydrogen-bond donors (Lipinski definition) is 3. The van der Waals surface area contributed by atoms with Crippen LogP contribution in [0.1, 0.15) is 5.56 Å². The van der Waals surface area contributed by atoms with E-state index in [-0.39, 0.29) is 34.0 Å². The topological polar surface area (TPSA) is 113 Å². The minimum Gasteiger partial charge on any atom is -0.382 e. The lowest BCUT2D eigenvalue weighted by Crippen LogP contribution is -2.14. The number of pyridine rings is 1. The molecule has 0 saturated heterocycles. The van der Waals surface area contributed by atoms with E-state index in [9.17, 15) is 18.4 Å². The molecule has 0 atom stereocenters. The third-order valence-electron chi connectivity index (χ3n) is 4.30. The molecule has 148 valence electrons. The highest BCUT2D eigenvalue weighted by molar-refractivity contribution is 6.01. The van der Waals surface area contributed by atoms with Gasteiger partial charge < -0.3 is 5.73 Å². The molecule has 10 heteroatoms. The second kappa shape index (κ2) is 7.56. The van der Waals surface area contributed by atoms with Crippen molar-refractivity contribution >= 4 is 28.2 Å². The first-order valence-electron chi connectivity index (χ1n) is 8.54. The Kier molecular flexibility index (Phi) is 4.77. The van der Waals surface area contributed by atoms with Crippen molar-refractivity contribution in [1.29, 1.82) is 5.26 Å². The number of benzene rings is 2. The number of hydrazine groups is 1. The second-order valence-electron chi connectivity index (χ2n) is 6.19. The van der Waals surface area contributed by atoms with Crippen LogP contribution in [0.15, 0.2) is 48.9 Å². The molecule has 0 saturated carbocycles. The van der Waals surface area contributed by atoms with Crippen LogP contribution in [0.25, 0.3) is 22.0 Å². The lowest BCUT2D eigenvalue weighted by Gasteiger charge is -2.16. The molecule has 30 heavy (non-hydrogen) atoms. The van der Waals surface area contributed by atoms with Gasteiger partial charge in [0.2, 0.25) is 0 Å². The molecule has 0 unspecified atom stereocenters. The minimum atomic E-state index is -0.791. The molecule has 0 aliphatic heterocycles. The van der Waals surface area contributed by atoms with Crippen molar-refractivity contribution in [2.75, 3.05) is 16.6 Å². The maximum absolute atomic E-state index is 14.3. The van der Waals surface area contributed by atoms with Gasteiger partial charge in [-0.2, -0.15) is 5.26 Å². The summed E-state index contributed by atoms with van der Waals surface area (Å²) < 4.78 is 42.0. The fraction of sp³-hybridized carbons (Fsp3) is 0. The first-order valence-corrected chi connectivity index (χ1v) is 8.54. The molecule has 4 rings (SSSR count). The van der Waals surface area contributed by atoms with Crippen LogP contribution in [0, 0.1) is 28.8 Å². The molecular formula is C20H12F3N7. The van der Waals surface area contributed by atoms with Gasteiger partial charge in [-0.1, -0.05) is 12.1 Å². The van der Waals surface area contributed by atoms with Gasteiger partial charge in [-0.05, 0) is 23.8 Å². The Balaban J connectivity index is 1.86. The molecule has 2 aromatic heterocycles. The largest absolute Gasteiger partial charge is 0.382 e. The van der Waals surface area contributed by atoms with Crippen LogP contribution in [0.5, 0.6) is 0 Å². The van der Waals surface area contributed by atoms with Crippen molar-refractivity contribution in [2.24, 2.45) is 0 Å². The summed E-state index contributed by atoms with van der Waals surface area (Å²) in [6.45, 7) is 0. The number of anilines is 3. The lowest BCUT2D eigenvalue weighted by atomic mass is 9.99. The molecule has 0 bridgehead atoms. The zero-order valence-electron chi connectivity index (χ0n) is 15.1. The second-order valence-corrected chi connectivity index (χ2v) is 6.19. The number of aromatic nitrogens is 3. The first-order chi connectivity index (χ1) is 14.5. The molecule has 0 spiro atoms. The van der Waals surface area contributed by atoms with Gasteiger partial charge in [0, 0.05) is 17.0 Å². The third kappa shape index (κ3) is 3.40. The Labute approximate surface area is 168 Å². The predicted octanol–water partition coefficient (Wildman–Crippen LogP) is 4.00. The summed E-state index contributed by atoms with van der Waals surface area (Å²) in [5.74, 6) is -2.11. The summed E-state index contributed by atoms with van der Waals surface area (Å²) in [5, 5.41) is 9.58. The van der Waals surface area contributed by atoms with Crippen LogP contribution in [-0.2, 0) is 0 Å².